The Kier molecular flexibility index (Phi) is 2.79. The summed E-state index contributed by atoms with van der Waals surface area (Å²) in [6.07, 6.45) is 0. The lowest BCUT2D eigenvalue weighted by Gasteiger charge is -2.07. The van der Waals surface area contributed by atoms with Gasteiger partial charge < -0.3 is 4.98 Å². The molecule has 0 amide bonds. The number of nitrogens with one attached hydrogen (secondary N) is 1. The molecule has 0 aliphatic heterocycles. The molecule has 0 aliphatic rings. The summed E-state index contributed by atoms with van der Waals surface area (Å²) < 4.78 is 0. The van der Waals surface area contributed by atoms with Crippen LogP contribution in [-0.2, 0) is 0 Å². The second-order valence-electron chi connectivity index (χ2n) is 5.43. The highest BCUT2D eigenvalue weighted by atomic mass is 16.1. The third-order valence-corrected chi connectivity index (χ3v) is 3.89. The number of hydrogen-bond donors (Lipinski definition) is 1. The van der Waals surface area contributed by atoms with E-state index >= 15 is 0 Å². The first kappa shape index (κ1) is 12.8. The number of nitrogens with zero attached hydrogens (tertiary/aromatic N) is 1. The summed E-state index contributed by atoms with van der Waals surface area (Å²) in [4.78, 5) is 20.5. The smallest absolute Gasteiger partial charge is 0.190 e. The zero-order valence-corrected chi connectivity index (χ0v) is 12.1. The molecule has 106 valence electrons. The van der Waals surface area contributed by atoms with Crippen LogP contribution < -0.4 is 5.43 Å². The predicted octanol–water partition coefficient (Wildman–Crippen LogP) is 4.05. The van der Waals surface area contributed by atoms with Crippen molar-refractivity contribution in [3.05, 3.63) is 76.6 Å². The van der Waals surface area contributed by atoms with Crippen LogP contribution in [0.25, 0.3) is 33.1 Å². The molecule has 0 fully saturated rings. The molecule has 22 heavy (non-hydrogen) atoms. The van der Waals surface area contributed by atoms with Gasteiger partial charge in [0, 0.05) is 28.2 Å². The van der Waals surface area contributed by atoms with Crippen molar-refractivity contribution >= 4 is 21.8 Å². The Morgan fingerprint density at radius 1 is 0.955 bits per heavy atom. The van der Waals surface area contributed by atoms with Gasteiger partial charge in [-0.05, 0) is 24.6 Å². The summed E-state index contributed by atoms with van der Waals surface area (Å²) in [7, 11) is 0. The van der Waals surface area contributed by atoms with Crippen LogP contribution in [0.4, 0.5) is 0 Å². The van der Waals surface area contributed by atoms with Gasteiger partial charge in [0.15, 0.2) is 5.43 Å². The fourth-order valence-corrected chi connectivity index (χ4v) is 2.77. The van der Waals surface area contributed by atoms with Gasteiger partial charge in [-0.2, -0.15) is 0 Å². The van der Waals surface area contributed by atoms with Gasteiger partial charge >= 0.3 is 0 Å². The molecule has 0 spiro atoms. The summed E-state index contributed by atoms with van der Waals surface area (Å²) in [6, 6.07) is 19.3. The quantitative estimate of drug-likeness (QED) is 0.536. The van der Waals surface area contributed by atoms with Crippen LogP contribution in [0.15, 0.2) is 65.5 Å². The summed E-state index contributed by atoms with van der Waals surface area (Å²) in [5.74, 6) is 0. The topological polar surface area (TPSA) is 45.8 Å². The van der Waals surface area contributed by atoms with Crippen molar-refractivity contribution < 1.29 is 0 Å². The van der Waals surface area contributed by atoms with E-state index in [0.29, 0.717) is 5.39 Å². The molecule has 0 atom stereocenters. The molecule has 3 heteroatoms. The zero-order valence-electron chi connectivity index (χ0n) is 12.1. The number of hydrogen-bond acceptors (Lipinski definition) is 2. The Bertz CT molecular complexity index is 1050. The summed E-state index contributed by atoms with van der Waals surface area (Å²) >= 11 is 0. The van der Waals surface area contributed by atoms with Crippen molar-refractivity contribution in [2.45, 2.75) is 6.92 Å². The minimum Gasteiger partial charge on any atom is -0.353 e. The number of rotatable bonds is 1. The van der Waals surface area contributed by atoms with E-state index in [1.54, 1.807) is 6.07 Å². The number of aromatic amines is 1. The van der Waals surface area contributed by atoms with Gasteiger partial charge in [0.05, 0.1) is 11.0 Å². The van der Waals surface area contributed by atoms with E-state index < -0.39 is 0 Å². The molecule has 3 nitrogen and oxygen atoms in total. The lowest BCUT2D eigenvalue weighted by molar-refractivity contribution is 1.25. The molecule has 2 aromatic heterocycles. The molecule has 0 bridgehead atoms. The van der Waals surface area contributed by atoms with Gasteiger partial charge in [0.2, 0.25) is 0 Å². The predicted molar refractivity (Wildman–Crippen MR) is 90.0 cm³/mol. The molecule has 0 radical (unpaired) electrons. The van der Waals surface area contributed by atoms with Gasteiger partial charge in [0.1, 0.15) is 0 Å². The molecule has 4 rings (SSSR count). The van der Waals surface area contributed by atoms with E-state index in [4.69, 9.17) is 0 Å². The van der Waals surface area contributed by atoms with Gasteiger partial charge in [-0.15, -0.1) is 0 Å². The maximum atomic E-state index is 12.5. The van der Waals surface area contributed by atoms with E-state index in [-0.39, 0.29) is 5.43 Å². The van der Waals surface area contributed by atoms with Crippen molar-refractivity contribution in [3.8, 4) is 11.3 Å². The first-order valence-corrected chi connectivity index (χ1v) is 7.21. The number of H-pyrrole nitrogens is 1. The molecule has 1 N–H and O–H groups in total. The van der Waals surface area contributed by atoms with Gasteiger partial charge in [-0.1, -0.05) is 42.5 Å². The second-order valence-corrected chi connectivity index (χ2v) is 5.43. The van der Waals surface area contributed by atoms with Crippen LogP contribution in [0.1, 0.15) is 5.69 Å². The Morgan fingerprint density at radius 3 is 2.55 bits per heavy atom. The highest BCUT2D eigenvalue weighted by molar-refractivity contribution is 6.03. The summed E-state index contributed by atoms with van der Waals surface area (Å²) in [6.45, 7) is 1.96. The first-order valence-electron chi connectivity index (χ1n) is 7.21. The van der Waals surface area contributed by atoms with Crippen molar-refractivity contribution in [1.29, 1.82) is 0 Å². The molecule has 0 unspecified atom stereocenters. The van der Waals surface area contributed by atoms with Crippen molar-refractivity contribution in [3.63, 3.8) is 0 Å². The average Bonchev–Trinajstić information content (AvgIpc) is 2.55. The van der Waals surface area contributed by atoms with Crippen LogP contribution in [0.2, 0.25) is 0 Å². The number of benzene rings is 2. The van der Waals surface area contributed by atoms with Crippen molar-refractivity contribution in [1.82, 2.24) is 9.97 Å². The fourth-order valence-electron chi connectivity index (χ4n) is 2.77. The SMILES string of the molecule is Cc1ccc2ccc3c(=O)cc(-c4ccccc4)[nH]c3c2n1. The van der Waals surface area contributed by atoms with Crippen molar-refractivity contribution in [2.24, 2.45) is 0 Å². The van der Waals surface area contributed by atoms with E-state index in [0.717, 1.165) is 33.4 Å². The number of fused-ring (bicyclic) bond motifs is 3. The van der Waals surface area contributed by atoms with Crippen LogP contribution in [0, 0.1) is 6.92 Å². The molecule has 0 saturated heterocycles. The van der Waals surface area contributed by atoms with Gasteiger partial charge in [-0.3, -0.25) is 9.78 Å². The molecular formula is C19H14N2O. The second kappa shape index (κ2) is 4.81. The van der Waals surface area contributed by atoms with Crippen molar-refractivity contribution in [2.75, 3.05) is 0 Å². The Morgan fingerprint density at radius 2 is 1.73 bits per heavy atom. The van der Waals surface area contributed by atoms with Crippen LogP contribution >= 0.6 is 0 Å². The molecule has 4 aromatic rings. The number of pyridine rings is 2. The third-order valence-electron chi connectivity index (χ3n) is 3.89. The van der Waals surface area contributed by atoms with E-state index in [2.05, 4.69) is 9.97 Å². The summed E-state index contributed by atoms with van der Waals surface area (Å²) in [5, 5.41) is 1.70. The van der Waals surface area contributed by atoms with Gasteiger partial charge in [0.25, 0.3) is 0 Å². The van der Waals surface area contributed by atoms with Gasteiger partial charge in [-0.25, -0.2) is 0 Å². The highest BCUT2D eigenvalue weighted by Crippen LogP contribution is 2.23. The standard InChI is InChI=1S/C19H14N2O/c1-12-7-8-14-9-10-15-17(22)11-16(13-5-3-2-4-6-13)21-19(15)18(14)20-12/h2-11H,1H3,(H,21,22). The third kappa shape index (κ3) is 1.99. The minimum absolute atomic E-state index is 0.0119. The lowest BCUT2D eigenvalue weighted by Crippen LogP contribution is -2.04. The maximum absolute atomic E-state index is 12.5. The van der Waals surface area contributed by atoms with E-state index in [1.165, 1.54) is 0 Å². The monoisotopic (exact) mass is 286 g/mol. The number of aryl methyl sites for hydroxylation is 1. The molecule has 0 saturated carbocycles. The van der Waals surface area contributed by atoms with E-state index in [1.807, 2.05) is 61.5 Å². The normalized spacial score (nSPS) is 11.1. The van der Waals surface area contributed by atoms with Crippen LogP contribution in [0.5, 0.6) is 0 Å². The molecule has 2 heterocycles. The zero-order chi connectivity index (χ0) is 15.1. The maximum Gasteiger partial charge on any atom is 0.190 e. The Balaban J connectivity index is 2.13. The first-order chi connectivity index (χ1) is 10.7. The van der Waals surface area contributed by atoms with Crippen LogP contribution in [-0.4, -0.2) is 9.97 Å². The summed E-state index contributed by atoms with van der Waals surface area (Å²) in [5.41, 5.74) is 4.39. The molecular weight excluding hydrogens is 272 g/mol. The molecule has 2 aromatic carbocycles. The van der Waals surface area contributed by atoms with E-state index in [9.17, 15) is 4.79 Å². The Hall–Kier alpha value is -2.94. The largest absolute Gasteiger partial charge is 0.353 e. The average molecular weight is 286 g/mol. The minimum atomic E-state index is 0.0119. The Labute approximate surface area is 127 Å². The highest BCUT2D eigenvalue weighted by Gasteiger charge is 2.08. The fraction of sp³-hybridized carbons (Fsp3) is 0.0526. The number of aromatic nitrogens is 2. The van der Waals surface area contributed by atoms with Crippen LogP contribution in [0.3, 0.4) is 0 Å². The molecule has 0 aliphatic carbocycles. The lowest BCUT2D eigenvalue weighted by atomic mass is 10.1.